The van der Waals surface area contributed by atoms with E-state index in [1.54, 1.807) is 4.90 Å². The smallest absolute Gasteiger partial charge is 0.413 e. The molecule has 2 aliphatic rings. The third kappa shape index (κ3) is 3.88. The maximum absolute atomic E-state index is 12.6. The Balaban J connectivity index is 2.07. The highest BCUT2D eigenvalue weighted by atomic mass is 16.6. The number of hydrogen-bond donors (Lipinski definition) is 0. The molecule has 0 aromatic rings. The van der Waals surface area contributed by atoms with Gasteiger partial charge in [0.05, 0.1) is 12.1 Å². The number of amides is 1. The Morgan fingerprint density at radius 3 is 2.57 bits per heavy atom. The molecule has 1 atom stereocenters. The van der Waals surface area contributed by atoms with Gasteiger partial charge in [-0.05, 0) is 53.0 Å². The van der Waals surface area contributed by atoms with Crippen molar-refractivity contribution in [2.45, 2.75) is 70.7 Å². The van der Waals surface area contributed by atoms with E-state index >= 15 is 0 Å². The maximum atomic E-state index is 12.6. The van der Waals surface area contributed by atoms with Crippen LogP contribution in [0.15, 0.2) is 24.3 Å². The minimum Gasteiger partial charge on any atom is -0.441 e. The van der Waals surface area contributed by atoms with Crippen molar-refractivity contribution in [2.75, 3.05) is 6.61 Å². The van der Waals surface area contributed by atoms with Crippen LogP contribution < -0.4 is 0 Å². The van der Waals surface area contributed by atoms with E-state index in [2.05, 4.69) is 18.2 Å². The molecule has 0 saturated carbocycles. The zero-order valence-corrected chi connectivity index (χ0v) is 13.6. The van der Waals surface area contributed by atoms with Gasteiger partial charge in [0.2, 0.25) is 0 Å². The van der Waals surface area contributed by atoms with Gasteiger partial charge in [-0.1, -0.05) is 18.2 Å². The van der Waals surface area contributed by atoms with Gasteiger partial charge < -0.3 is 9.47 Å². The van der Waals surface area contributed by atoms with Crippen LogP contribution in [0.5, 0.6) is 0 Å². The van der Waals surface area contributed by atoms with Crippen LogP contribution in [-0.4, -0.2) is 35.0 Å². The number of hydrogen-bond acceptors (Lipinski definition) is 3. The highest BCUT2D eigenvalue weighted by Crippen LogP contribution is 2.35. The monoisotopic (exact) mass is 293 g/mol. The van der Waals surface area contributed by atoms with Crippen molar-refractivity contribution in [3.63, 3.8) is 0 Å². The summed E-state index contributed by atoms with van der Waals surface area (Å²) in [6.45, 7) is 8.34. The van der Waals surface area contributed by atoms with Crippen LogP contribution >= 0.6 is 0 Å². The predicted molar refractivity (Wildman–Crippen MR) is 83.0 cm³/mol. The van der Waals surface area contributed by atoms with Crippen LogP contribution in [0.2, 0.25) is 0 Å². The number of allylic oxidation sites excluding steroid dienone is 2. The van der Waals surface area contributed by atoms with Gasteiger partial charge in [0.25, 0.3) is 0 Å². The molecule has 0 radical (unpaired) electrons. The fourth-order valence-electron chi connectivity index (χ4n) is 2.98. The summed E-state index contributed by atoms with van der Waals surface area (Å²) in [5, 5.41) is 0. The largest absolute Gasteiger partial charge is 0.441 e. The molecule has 0 N–H and O–H groups in total. The van der Waals surface area contributed by atoms with E-state index in [-0.39, 0.29) is 17.7 Å². The molecule has 0 unspecified atom stereocenters. The van der Waals surface area contributed by atoms with E-state index in [4.69, 9.17) is 9.47 Å². The Bertz CT molecular complexity index is 421. The predicted octanol–water partition coefficient (Wildman–Crippen LogP) is 4.02. The topological polar surface area (TPSA) is 38.8 Å². The van der Waals surface area contributed by atoms with Gasteiger partial charge in [-0.3, -0.25) is 4.90 Å². The molecule has 1 amide bonds. The molecule has 1 aliphatic carbocycles. The van der Waals surface area contributed by atoms with Crippen LogP contribution in [0.1, 0.15) is 53.4 Å². The normalized spacial score (nSPS) is 30.9. The van der Waals surface area contributed by atoms with Crippen LogP contribution in [0.25, 0.3) is 0 Å². The third-order valence-corrected chi connectivity index (χ3v) is 3.98. The lowest BCUT2D eigenvalue weighted by atomic mass is 10.0. The maximum Gasteiger partial charge on any atom is 0.413 e. The number of carbonyl (C=O) groups excluding carboxylic acids is 1. The lowest BCUT2D eigenvalue weighted by Crippen LogP contribution is -2.53. The molecule has 2 rings (SSSR count). The van der Waals surface area contributed by atoms with Crippen molar-refractivity contribution in [2.24, 2.45) is 0 Å². The lowest BCUT2D eigenvalue weighted by molar-refractivity contribution is -0.0552. The molecule has 21 heavy (non-hydrogen) atoms. The van der Waals surface area contributed by atoms with Gasteiger partial charge in [-0.15, -0.1) is 0 Å². The molecular formula is C17H27NO3. The summed E-state index contributed by atoms with van der Waals surface area (Å²) in [6.07, 6.45) is 11.9. The van der Waals surface area contributed by atoms with Crippen molar-refractivity contribution < 1.29 is 14.3 Å². The standard InChI is InChI=1S/C17H27NO3/c1-16(2)13-20-17(3,4)18(16)15(19)21-14-11-9-7-5-6-8-10-12-14/h7,9-10,12,14H,5-6,8,11,13H2,1-4H3/b9-7-,12-10+/t14-/m1/s1. The van der Waals surface area contributed by atoms with Gasteiger partial charge in [-0.2, -0.15) is 0 Å². The van der Waals surface area contributed by atoms with Crippen LogP contribution in [0.4, 0.5) is 4.79 Å². The zero-order chi connectivity index (χ0) is 15.5. The summed E-state index contributed by atoms with van der Waals surface area (Å²) in [6, 6.07) is 0. The molecule has 4 nitrogen and oxygen atoms in total. The number of carbonyl (C=O) groups is 1. The van der Waals surface area contributed by atoms with E-state index in [0.29, 0.717) is 6.61 Å². The summed E-state index contributed by atoms with van der Waals surface area (Å²) in [5.74, 6) is 0. The summed E-state index contributed by atoms with van der Waals surface area (Å²) in [4.78, 5) is 14.3. The van der Waals surface area contributed by atoms with E-state index in [1.165, 1.54) is 0 Å². The van der Waals surface area contributed by atoms with Crippen molar-refractivity contribution in [3.05, 3.63) is 24.3 Å². The quantitative estimate of drug-likeness (QED) is 0.685. The average molecular weight is 293 g/mol. The molecule has 0 aromatic heterocycles. The van der Waals surface area contributed by atoms with Crippen molar-refractivity contribution in [1.82, 2.24) is 4.90 Å². The van der Waals surface area contributed by atoms with Gasteiger partial charge >= 0.3 is 6.09 Å². The zero-order valence-electron chi connectivity index (χ0n) is 13.6. The molecule has 1 fully saturated rings. The second-order valence-corrected chi connectivity index (χ2v) is 6.87. The summed E-state index contributed by atoms with van der Waals surface area (Å²) < 4.78 is 11.4. The first-order valence-corrected chi connectivity index (χ1v) is 7.79. The summed E-state index contributed by atoms with van der Waals surface area (Å²) >= 11 is 0. The van der Waals surface area contributed by atoms with E-state index < -0.39 is 5.72 Å². The van der Waals surface area contributed by atoms with E-state index in [1.807, 2.05) is 33.8 Å². The van der Waals surface area contributed by atoms with Gasteiger partial charge in [0.1, 0.15) is 11.8 Å². The Morgan fingerprint density at radius 1 is 1.19 bits per heavy atom. The van der Waals surface area contributed by atoms with Crippen molar-refractivity contribution in [3.8, 4) is 0 Å². The third-order valence-electron chi connectivity index (χ3n) is 3.98. The second-order valence-electron chi connectivity index (χ2n) is 6.87. The molecule has 118 valence electrons. The summed E-state index contributed by atoms with van der Waals surface area (Å²) in [5.41, 5.74) is -0.975. The van der Waals surface area contributed by atoms with Crippen molar-refractivity contribution in [1.29, 1.82) is 0 Å². The SMILES string of the molecule is CC1(C)COC(C)(C)N1C(=O)O[C@H]1/C=C/CCC/C=C\C1. The molecule has 4 heteroatoms. The number of rotatable bonds is 1. The Morgan fingerprint density at radius 2 is 1.90 bits per heavy atom. The average Bonchev–Trinajstić information content (AvgIpc) is 2.67. The second kappa shape index (κ2) is 6.22. The first-order valence-electron chi connectivity index (χ1n) is 7.79. The van der Waals surface area contributed by atoms with Crippen molar-refractivity contribution >= 4 is 6.09 Å². The fraction of sp³-hybridized carbons (Fsp3) is 0.706. The Kier molecular flexibility index (Phi) is 4.77. The minimum absolute atomic E-state index is 0.195. The number of nitrogens with zero attached hydrogens (tertiary/aromatic N) is 1. The molecule has 1 heterocycles. The Labute approximate surface area is 127 Å². The summed E-state index contributed by atoms with van der Waals surface area (Å²) in [7, 11) is 0. The highest BCUT2D eigenvalue weighted by molar-refractivity contribution is 5.70. The first kappa shape index (κ1) is 16.1. The highest BCUT2D eigenvalue weighted by Gasteiger charge is 2.49. The van der Waals surface area contributed by atoms with Crippen LogP contribution in [0.3, 0.4) is 0 Å². The molecule has 0 spiro atoms. The van der Waals surface area contributed by atoms with Gasteiger partial charge in [-0.25, -0.2) is 4.79 Å². The van der Waals surface area contributed by atoms with E-state index in [9.17, 15) is 4.79 Å². The van der Waals surface area contributed by atoms with Gasteiger partial charge in [0.15, 0.2) is 0 Å². The molecule has 1 saturated heterocycles. The van der Waals surface area contributed by atoms with Crippen LogP contribution in [0, 0.1) is 0 Å². The molecule has 0 aromatic carbocycles. The van der Waals surface area contributed by atoms with Crippen LogP contribution in [-0.2, 0) is 9.47 Å². The molecular weight excluding hydrogens is 266 g/mol. The first-order chi connectivity index (χ1) is 9.83. The Hall–Kier alpha value is -1.29. The fourth-order valence-corrected chi connectivity index (χ4v) is 2.98. The van der Waals surface area contributed by atoms with Gasteiger partial charge in [0, 0.05) is 6.42 Å². The number of ether oxygens (including phenoxy) is 2. The lowest BCUT2D eigenvalue weighted by Gasteiger charge is -2.37. The minimum atomic E-state index is -0.626. The van der Waals surface area contributed by atoms with E-state index in [0.717, 1.165) is 25.7 Å². The molecule has 0 bridgehead atoms. The molecule has 1 aliphatic heterocycles.